The van der Waals surface area contributed by atoms with Crippen molar-refractivity contribution in [3.05, 3.63) is 69.2 Å². The second kappa shape index (κ2) is 11.5. The van der Waals surface area contributed by atoms with Gasteiger partial charge in [0.25, 0.3) is 0 Å². The van der Waals surface area contributed by atoms with Crippen LogP contribution in [0.3, 0.4) is 0 Å². The van der Waals surface area contributed by atoms with Crippen LogP contribution in [0.15, 0.2) is 56.8 Å². The largest absolute Gasteiger partial charge is 0.492 e. The topological polar surface area (TPSA) is 98.9 Å². The first kappa shape index (κ1) is 26.3. The molecule has 0 aliphatic carbocycles. The van der Waals surface area contributed by atoms with Crippen molar-refractivity contribution in [2.45, 2.75) is 17.5 Å². The zero-order valence-corrected chi connectivity index (χ0v) is 20.5. The Morgan fingerprint density at radius 2 is 1.92 bits per heavy atom. The van der Waals surface area contributed by atoms with Gasteiger partial charge in [0, 0.05) is 18.2 Å². The average Bonchev–Trinajstić information content (AvgIpc) is 3.46. The SMILES string of the molecule is COCCOCC1N=C(c2ccc(C(F)(F)F)cc2)SC1COc1ccc(-c2noc(=O)[nH]2)c(Cl)c1. The highest BCUT2D eigenvalue weighted by atomic mass is 35.5. The number of ether oxygens (including phenoxy) is 3. The maximum Gasteiger partial charge on any atom is 0.439 e. The van der Waals surface area contributed by atoms with Gasteiger partial charge in [0.05, 0.1) is 46.7 Å². The molecule has 1 aliphatic rings. The number of aromatic nitrogens is 2. The molecule has 192 valence electrons. The lowest BCUT2D eigenvalue weighted by molar-refractivity contribution is -0.137. The molecule has 2 unspecified atom stereocenters. The van der Waals surface area contributed by atoms with Crippen LogP contribution >= 0.6 is 23.4 Å². The Kier molecular flexibility index (Phi) is 8.39. The number of methoxy groups -OCH3 is 1. The lowest BCUT2D eigenvalue weighted by Gasteiger charge is -2.18. The number of nitrogens with zero attached hydrogens (tertiary/aromatic N) is 2. The van der Waals surface area contributed by atoms with Gasteiger partial charge in [0.15, 0.2) is 5.82 Å². The Bertz CT molecular complexity index is 1260. The van der Waals surface area contributed by atoms with Crippen molar-refractivity contribution >= 4 is 28.4 Å². The number of aliphatic imine (C=N–C) groups is 1. The molecule has 1 N–H and O–H groups in total. The molecule has 1 aromatic heterocycles. The van der Waals surface area contributed by atoms with Crippen LogP contribution in [0.5, 0.6) is 5.75 Å². The molecule has 36 heavy (non-hydrogen) atoms. The Morgan fingerprint density at radius 3 is 2.56 bits per heavy atom. The fourth-order valence-electron chi connectivity index (χ4n) is 3.37. The van der Waals surface area contributed by atoms with Gasteiger partial charge in [0.1, 0.15) is 12.4 Å². The first-order chi connectivity index (χ1) is 17.2. The summed E-state index contributed by atoms with van der Waals surface area (Å²) in [4.78, 5) is 18.3. The van der Waals surface area contributed by atoms with Crippen LogP contribution in [0.1, 0.15) is 11.1 Å². The van der Waals surface area contributed by atoms with Crippen molar-refractivity contribution in [1.29, 1.82) is 0 Å². The fraction of sp³-hybridized carbons (Fsp3) is 0.348. The second-order valence-electron chi connectivity index (χ2n) is 7.70. The van der Waals surface area contributed by atoms with Gasteiger partial charge in [-0.25, -0.2) is 4.79 Å². The number of halogens is 4. The van der Waals surface area contributed by atoms with E-state index >= 15 is 0 Å². The predicted octanol–water partition coefficient (Wildman–Crippen LogP) is 4.67. The minimum atomic E-state index is -4.41. The Balaban J connectivity index is 1.44. The summed E-state index contributed by atoms with van der Waals surface area (Å²) in [5, 5.41) is 4.38. The van der Waals surface area contributed by atoms with Crippen LogP contribution in [-0.4, -0.2) is 60.0 Å². The predicted molar refractivity (Wildman–Crippen MR) is 129 cm³/mol. The third kappa shape index (κ3) is 6.49. The van der Waals surface area contributed by atoms with Crippen molar-refractivity contribution in [2.24, 2.45) is 4.99 Å². The summed E-state index contributed by atoms with van der Waals surface area (Å²) < 4.78 is 59.9. The number of nitrogens with one attached hydrogen (secondary N) is 1. The van der Waals surface area contributed by atoms with Crippen molar-refractivity contribution in [3.63, 3.8) is 0 Å². The zero-order chi connectivity index (χ0) is 25.7. The number of benzene rings is 2. The van der Waals surface area contributed by atoms with Crippen molar-refractivity contribution < 1.29 is 31.9 Å². The molecule has 0 bridgehead atoms. The monoisotopic (exact) mass is 543 g/mol. The maximum atomic E-state index is 12.9. The van der Waals surface area contributed by atoms with Gasteiger partial charge in [0.2, 0.25) is 0 Å². The third-order valence-corrected chi connectivity index (χ3v) is 6.84. The first-order valence-corrected chi connectivity index (χ1v) is 12.0. The molecule has 2 aromatic carbocycles. The Labute approximate surface area is 212 Å². The summed E-state index contributed by atoms with van der Waals surface area (Å²) in [7, 11) is 1.57. The molecule has 0 spiro atoms. The van der Waals surface area contributed by atoms with Crippen LogP contribution in [0.25, 0.3) is 11.4 Å². The lowest BCUT2D eigenvalue weighted by Crippen LogP contribution is -2.29. The average molecular weight is 544 g/mol. The lowest BCUT2D eigenvalue weighted by atomic mass is 10.1. The molecule has 4 rings (SSSR count). The third-order valence-electron chi connectivity index (χ3n) is 5.21. The summed E-state index contributed by atoms with van der Waals surface area (Å²) in [6.45, 7) is 1.36. The molecule has 0 fully saturated rings. The van der Waals surface area contributed by atoms with Crippen LogP contribution in [0.2, 0.25) is 5.02 Å². The van der Waals surface area contributed by atoms with Gasteiger partial charge in [-0.1, -0.05) is 40.7 Å². The number of alkyl halides is 3. The molecule has 2 atom stereocenters. The van der Waals surface area contributed by atoms with Crippen molar-refractivity contribution in [3.8, 4) is 17.1 Å². The van der Waals surface area contributed by atoms with E-state index in [1.165, 1.54) is 23.9 Å². The molecule has 0 amide bonds. The van der Waals surface area contributed by atoms with Gasteiger partial charge in [-0.15, -0.1) is 0 Å². The number of H-pyrrole nitrogens is 1. The van der Waals surface area contributed by atoms with Gasteiger partial charge in [-0.3, -0.25) is 14.5 Å². The molecule has 0 saturated heterocycles. The normalized spacial score (nSPS) is 17.9. The van der Waals surface area contributed by atoms with E-state index in [2.05, 4.69) is 19.7 Å². The van der Waals surface area contributed by atoms with E-state index in [0.29, 0.717) is 46.8 Å². The molecule has 0 radical (unpaired) electrons. The van der Waals surface area contributed by atoms with Gasteiger partial charge >= 0.3 is 11.9 Å². The van der Waals surface area contributed by atoms with E-state index in [1.54, 1.807) is 25.3 Å². The van der Waals surface area contributed by atoms with Crippen molar-refractivity contribution in [1.82, 2.24) is 10.1 Å². The molecule has 1 aliphatic heterocycles. The number of aromatic amines is 1. The highest BCUT2D eigenvalue weighted by Crippen LogP contribution is 2.35. The highest BCUT2D eigenvalue weighted by molar-refractivity contribution is 8.15. The number of rotatable bonds is 10. The van der Waals surface area contributed by atoms with E-state index in [-0.39, 0.29) is 23.7 Å². The number of hydrogen-bond donors (Lipinski definition) is 1. The Morgan fingerprint density at radius 1 is 1.14 bits per heavy atom. The van der Waals surface area contributed by atoms with Crippen LogP contribution in [-0.2, 0) is 15.7 Å². The van der Waals surface area contributed by atoms with Gasteiger partial charge in [-0.05, 0) is 30.3 Å². The second-order valence-corrected chi connectivity index (χ2v) is 9.33. The summed E-state index contributed by atoms with van der Waals surface area (Å²) in [5.41, 5.74) is 0.345. The highest BCUT2D eigenvalue weighted by Gasteiger charge is 2.33. The summed E-state index contributed by atoms with van der Waals surface area (Å²) in [5.74, 6) is -0.00904. The summed E-state index contributed by atoms with van der Waals surface area (Å²) in [6.07, 6.45) is -4.41. The number of thioether (sulfide) groups is 1. The first-order valence-electron chi connectivity index (χ1n) is 10.7. The molecule has 13 heteroatoms. The minimum absolute atomic E-state index is 0.157. The molecule has 8 nitrogen and oxygen atoms in total. The van der Waals surface area contributed by atoms with E-state index in [0.717, 1.165) is 12.1 Å². The zero-order valence-electron chi connectivity index (χ0n) is 18.9. The van der Waals surface area contributed by atoms with E-state index in [1.807, 2.05) is 0 Å². The Hall–Kier alpha value is -2.80. The molecular weight excluding hydrogens is 523 g/mol. The van der Waals surface area contributed by atoms with Crippen molar-refractivity contribution in [2.75, 3.05) is 33.5 Å². The smallest absolute Gasteiger partial charge is 0.439 e. The van der Waals surface area contributed by atoms with Gasteiger partial charge < -0.3 is 14.2 Å². The van der Waals surface area contributed by atoms with E-state index < -0.39 is 17.5 Å². The standard InChI is InChI=1S/C23H21ClF3N3O5S/c1-32-8-9-33-11-18-19(36-21(28-18)13-2-4-14(5-3-13)23(25,26)27)12-34-15-6-7-16(17(24)10-15)20-29-22(31)35-30-20/h2-7,10,18-19H,8-9,11-12H2,1H3,(H,29,30,31). The molecule has 2 heterocycles. The fourth-order valence-corrected chi connectivity index (χ4v) is 4.82. The minimum Gasteiger partial charge on any atom is -0.492 e. The molecule has 0 saturated carbocycles. The van der Waals surface area contributed by atoms with E-state index in [9.17, 15) is 18.0 Å². The maximum absolute atomic E-state index is 12.9. The van der Waals surface area contributed by atoms with Gasteiger partial charge in [-0.2, -0.15) is 13.2 Å². The van der Waals surface area contributed by atoms with Crippen LogP contribution in [0.4, 0.5) is 13.2 Å². The van der Waals surface area contributed by atoms with E-state index in [4.69, 9.17) is 25.8 Å². The molecule has 3 aromatic rings. The summed E-state index contributed by atoms with van der Waals surface area (Å²) >= 11 is 7.73. The quantitative estimate of drug-likeness (QED) is 0.371. The molecular formula is C23H21ClF3N3O5S. The number of hydrogen-bond acceptors (Lipinski definition) is 8. The van der Waals surface area contributed by atoms with Crippen LogP contribution in [0, 0.1) is 0 Å². The summed E-state index contributed by atoms with van der Waals surface area (Å²) in [6, 6.07) is 9.53. The van der Waals surface area contributed by atoms with Crippen LogP contribution < -0.4 is 10.5 Å².